The van der Waals surface area contributed by atoms with Crippen LogP contribution in [0.3, 0.4) is 0 Å². The Hall–Kier alpha value is -3.86. The largest absolute Gasteiger partial charge is 0.573 e. The molecule has 4 aromatic rings. The molecule has 2 amide bonds. The SMILES string of the molecule is O=C(Nc1[nH]nc2sc(C(=O)NC3(c4ccccc4)CC3)cc12)c1ccc(OC(F)(F)F)cc1. The molecule has 0 saturated heterocycles. The molecule has 2 aromatic heterocycles. The van der Waals surface area contributed by atoms with Crippen molar-refractivity contribution in [3.8, 4) is 5.75 Å². The first kappa shape index (κ1) is 22.0. The van der Waals surface area contributed by atoms with Crippen LogP contribution in [0.5, 0.6) is 5.75 Å². The summed E-state index contributed by atoms with van der Waals surface area (Å²) in [6, 6.07) is 16.0. The van der Waals surface area contributed by atoms with Crippen molar-refractivity contribution in [1.82, 2.24) is 15.5 Å². The summed E-state index contributed by atoms with van der Waals surface area (Å²) in [4.78, 5) is 26.5. The van der Waals surface area contributed by atoms with E-state index in [-0.39, 0.29) is 22.8 Å². The van der Waals surface area contributed by atoms with Crippen LogP contribution in [0.2, 0.25) is 0 Å². The van der Waals surface area contributed by atoms with Crippen molar-refractivity contribution in [3.63, 3.8) is 0 Å². The van der Waals surface area contributed by atoms with Gasteiger partial charge < -0.3 is 15.4 Å². The van der Waals surface area contributed by atoms with E-state index >= 15 is 0 Å². The van der Waals surface area contributed by atoms with Gasteiger partial charge in [-0.25, -0.2) is 0 Å². The molecule has 34 heavy (non-hydrogen) atoms. The topological polar surface area (TPSA) is 96.1 Å². The summed E-state index contributed by atoms with van der Waals surface area (Å²) in [6.45, 7) is 0. The number of thiophene rings is 1. The number of anilines is 1. The van der Waals surface area contributed by atoms with E-state index in [2.05, 4.69) is 25.6 Å². The Morgan fingerprint density at radius 2 is 1.74 bits per heavy atom. The van der Waals surface area contributed by atoms with Gasteiger partial charge in [-0.15, -0.1) is 24.5 Å². The second kappa shape index (κ2) is 8.17. The van der Waals surface area contributed by atoms with Gasteiger partial charge in [0.1, 0.15) is 16.4 Å². The molecule has 0 aliphatic heterocycles. The van der Waals surface area contributed by atoms with Gasteiger partial charge in [0.15, 0.2) is 0 Å². The van der Waals surface area contributed by atoms with E-state index in [0.29, 0.717) is 15.1 Å². The maximum Gasteiger partial charge on any atom is 0.573 e. The molecule has 2 heterocycles. The average molecular weight is 486 g/mol. The summed E-state index contributed by atoms with van der Waals surface area (Å²) in [5.41, 5.74) is 0.833. The van der Waals surface area contributed by atoms with Crippen LogP contribution in [-0.2, 0) is 5.54 Å². The second-order valence-electron chi connectivity index (χ2n) is 7.86. The highest BCUT2D eigenvalue weighted by Crippen LogP contribution is 2.45. The molecule has 11 heteroatoms. The number of amides is 2. The van der Waals surface area contributed by atoms with E-state index in [0.717, 1.165) is 30.5 Å². The number of H-pyrrole nitrogens is 1. The molecule has 0 unspecified atom stereocenters. The molecular formula is C23H17F3N4O3S. The summed E-state index contributed by atoms with van der Waals surface area (Å²) >= 11 is 1.19. The Labute approximate surface area is 194 Å². The first-order valence-electron chi connectivity index (χ1n) is 10.3. The first-order valence-corrected chi connectivity index (χ1v) is 11.1. The van der Waals surface area contributed by atoms with Crippen molar-refractivity contribution >= 4 is 39.2 Å². The second-order valence-corrected chi connectivity index (χ2v) is 8.89. The van der Waals surface area contributed by atoms with E-state index in [4.69, 9.17) is 0 Å². The highest BCUT2D eigenvalue weighted by Gasteiger charge is 2.45. The Bertz CT molecular complexity index is 1360. The van der Waals surface area contributed by atoms with Gasteiger partial charge in [0, 0.05) is 5.56 Å². The van der Waals surface area contributed by atoms with E-state index in [1.807, 2.05) is 30.3 Å². The number of carbonyl (C=O) groups is 2. The minimum atomic E-state index is -4.81. The number of ether oxygens (including phenoxy) is 1. The minimum absolute atomic E-state index is 0.129. The van der Waals surface area contributed by atoms with Gasteiger partial charge >= 0.3 is 6.36 Å². The van der Waals surface area contributed by atoms with Crippen molar-refractivity contribution in [2.75, 3.05) is 5.32 Å². The monoisotopic (exact) mass is 486 g/mol. The minimum Gasteiger partial charge on any atom is -0.406 e. The normalized spacial score (nSPS) is 14.6. The molecule has 0 atom stereocenters. The molecule has 0 spiro atoms. The summed E-state index contributed by atoms with van der Waals surface area (Å²) in [5.74, 6) is -0.912. The van der Waals surface area contributed by atoms with Crippen LogP contribution in [0.1, 0.15) is 38.4 Å². The zero-order valence-corrected chi connectivity index (χ0v) is 18.2. The molecule has 174 valence electrons. The molecule has 7 nitrogen and oxygen atoms in total. The molecule has 5 rings (SSSR count). The standard InChI is InChI=1S/C23H17F3N4O3S/c24-23(25,26)33-15-8-6-13(7-9-15)19(31)27-18-16-12-17(34-21(16)30-29-18)20(32)28-22(10-11-22)14-4-2-1-3-5-14/h1-9,12H,10-11H2,(H,28,32)(H2,27,29,30,31). The number of benzene rings is 2. The lowest BCUT2D eigenvalue weighted by Gasteiger charge is -2.17. The number of hydrogen-bond donors (Lipinski definition) is 3. The van der Waals surface area contributed by atoms with Crippen molar-refractivity contribution < 1.29 is 27.5 Å². The zero-order chi connectivity index (χ0) is 23.9. The van der Waals surface area contributed by atoms with Gasteiger partial charge in [0.05, 0.1) is 15.8 Å². The fourth-order valence-corrected chi connectivity index (χ4v) is 4.55. The quantitative estimate of drug-likeness (QED) is 0.349. The van der Waals surface area contributed by atoms with Crippen molar-refractivity contribution in [1.29, 1.82) is 0 Å². The molecular weight excluding hydrogens is 469 g/mol. The third-order valence-electron chi connectivity index (χ3n) is 5.49. The van der Waals surface area contributed by atoms with Gasteiger partial charge in [-0.2, -0.15) is 5.10 Å². The van der Waals surface area contributed by atoms with Gasteiger partial charge in [-0.1, -0.05) is 30.3 Å². The van der Waals surface area contributed by atoms with Gasteiger partial charge in [0.2, 0.25) is 0 Å². The number of rotatable bonds is 6. The van der Waals surface area contributed by atoms with E-state index in [1.54, 1.807) is 6.07 Å². The maximum absolute atomic E-state index is 12.9. The maximum atomic E-state index is 12.9. The number of hydrogen-bond acceptors (Lipinski definition) is 5. The van der Waals surface area contributed by atoms with Crippen molar-refractivity contribution in [3.05, 3.63) is 76.7 Å². The Morgan fingerprint density at radius 3 is 2.38 bits per heavy atom. The molecule has 0 radical (unpaired) electrons. The summed E-state index contributed by atoms with van der Waals surface area (Å²) < 4.78 is 40.7. The lowest BCUT2D eigenvalue weighted by atomic mass is 10.1. The van der Waals surface area contributed by atoms with E-state index in [9.17, 15) is 22.8 Å². The smallest absolute Gasteiger partial charge is 0.406 e. The Kier molecular flexibility index (Phi) is 5.28. The number of carbonyl (C=O) groups excluding carboxylic acids is 2. The van der Waals surface area contributed by atoms with Crippen LogP contribution < -0.4 is 15.4 Å². The van der Waals surface area contributed by atoms with E-state index < -0.39 is 18.0 Å². The fourth-order valence-electron chi connectivity index (χ4n) is 3.66. The van der Waals surface area contributed by atoms with Crippen LogP contribution in [0.25, 0.3) is 10.2 Å². The number of fused-ring (bicyclic) bond motifs is 1. The molecule has 1 saturated carbocycles. The number of aromatic amines is 1. The number of aromatic nitrogens is 2. The summed E-state index contributed by atoms with van der Waals surface area (Å²) in [7, 11) is 0. The Morgan fingerprint density at radius 1 is 1.03 bits per heavy atom. The van der Waals surface area contributed by atoms with Gasteiger partial charge in [0.25, 0.3) is 11.8 Å². The predicted molar refractivity (Wildman–Crippen MR) is 120 cm³/mol. The molecule has 1 aliphatic rings. The van der Waals surface area contributed by atoms with Crippen molar-refractivity contribution in [2.24, 2.45) is 0 Å². The highest BCUT2D eigenvalue weighted by molar-refractivity contribution is 7.20. The molecule has 2 aromatic carbocycles. The van der Waals surface area contributed by atoms with Crippen LogP contribution in [-0.4, -0.2) is 28.4 Å². The Balaban J connectivity index is 1.29. The lowest BCUT2D eigenvalue weighted by Crippen LogP contribution is -2.34. The predicted octanol–water partition coefficient (Wildman–Crippen LogP) is 5.19. The zero-order valence-electron chi connectivity index (χ0n) is 17.4. The number of halogens is 3. The van der Waals surface area contributed by atoms with E-state index in [1.165, 1.54) is 23.5 Å². The lowest BCUT2D eigenvalue weighted by molar-refractivity contribution is -0.274. The van der Waals surface area contributed by atoms with Crippen LogP contribution >= 0.6 is 11.3 Å². The third-order valence-corrected chi connectivity index (χ3v) is 6.52. The van der Waals surface area contributed by atoms with Crippen LogP contribution in [0, 0.1) is 0 Å². The average Bonchev–Trinajstić information content (AvgIpc) is 3.30. The molecule has 3 N–H and O–H groups in total. The van der Waals surface area contributed by atoms with Gasteiger partial charge in [-0.05, 0) is 48.7 Å². The van der Waals surface area contributed by atoms with Crippen LogP contribution in [0.15, 0.2) is 60.7 Å². The number of nitrogens with one attached hydrogen (secondary N) is 3. The number of nitrogens with zero attached hydrogens (tertiary/aromatic N) is 1. The summed E-state index contributed by atoms with van der Waals surface area (Å²) in [6.07, 6.45) is -3.09. The number of alkyl halides is 3. The summed E-state index contributed by atoms with van der Waals surface area (Å²) in [5, 5.41) is 13.2. The molecule has 0 bridgehead atoms. The fraction of sp³-hybridized carbons (Fsp3) is 0.174. The van der Waals surface area contributed by atoms with Crippen molar-refractivity contribution in [2.45, 2.75) is 24.7 Å². The first-order chi connectivity index (χ1) is 16.2. The van der Waals surface area contributed by atoms with Gasteiger partial charge in [-0.3, -0.25) is 14.7 Å². The molecule has 1 fully saturated rings. The highest BCUT2D eigenvalue weighted by atomic mass is 32.1. The van der Waals surface area contributed by atoms with Crippen LogP contribution in [0.4, 0.5) is 19.0 Å². The molecule has 1 aliphatic carbocycles. The third kappa shape index (κ3) is 4.46.